The standard InChI is InChI=1S/C13H20N2OS/c1-2-3-4-8-17-10-11-6-5-7-12(9-11)13(16)15-14/h5-7,9H,2-4,8,10,14H2,1H3,(H,15,16). The number of thioether (sulfide) groups is 1. The van der Waals surface area contributed by atoms with E-state index in [0.717, 1.165) is 5.75 Å². The van der Waals surface area contributed by atoms with Gasteiger partial charge in [-0.15, -0.1) is 0 Å². The summed E-state index contributed by atoms with van der Waals surface area (Å²) in [6, 6.07) is 7.61. The molecule has 0 atom stereocenters. The summed E-state index contributed by atoms with van der Waals surface area (Å²) in [5, 5.41) is 0. The second kappa shape index (κ2) is 8.14. The molecule has 0 bridgehead atoms. The predicted molar refractivity (Wildman–Crippen MR) is 73.8 cm³/mol. The molecule has 17 heavy (non-hydrogen) atoms. The summed E-state index contributed by atoms with van der Waals surface area (Å²) in [5.74, 6) is 7.01. The van der Waals surface area contributed by atoms with Crippen LogP contribution in [0, 0.1) is 0 Å². The minimum Gasteiger partial charge on any atom is -0.290 e. The van der Waals surface area contributed by atoms with E-state index < -0.39 is 0 Å². The van der Waals surface area contributed by atoms with Gasteiger partial charge in [-0.1, -0.05) is 31.9 Å². The molecule has 0 spiro atoms. The largest absolute Gasteiger partial charge is 0.290 e. The molecular formula is C13H20N2OS. The summed E-state index contributed by atoms with van der Waals surface area (Å²) >= 11 is 1.91. The first-order valence-electron chi connectivity index (χ1n) is 5.95. The van der Waals surface area contributed by atoms with Gasteiger partial charge in [0.2, 0.25) is 0 Å². The van der Waals surface area contributed by atoms with Crippen molar-refractivity contribution in [2.75, 3.05) is 5.75 Å². The highest BCUT2D eigenvalue weighted by molar-refractivity contribution is 7.98. The molecule has 0 heterocycles. The average Bonchev–Trinajstić information content (AvgIpc) is 2.38. The van der Waals surface area contributed by atoms with Crippen LogP contribution in [0.15, 0.2) is 24.3 Å². The third-order valence-corrected chi connectivity index (χ3v) is 3.60. The van der Waals surface area contributed by atoms with Gasteiger partial charge in [0.1, 0.15) is 0 Å². The molecule has 0 radical (unpaired) electrons. The molecule has 0 aliphatic carbocycles. The van der Waals surface area contributed by atoms with Crippen molar-refractivity contribution in [3.63, 3.8) is 0 Å². The molecule has 0 saturated carbocycles. The number of unbranched alkanes of at least 4 members (excludes halogenated alkanes) is 2. The van der Waals surface area contributed by atoms with Gasteiger partial charge in [0.15, 0.2) is 0 Å². The van der Waals surface area contributed by atoms with Gasteiger partial charge in [-0.25, -0.2) is 5.84 Å². The Bertz CT molecular complexity index is 355. The van der Waals surface area contributed by atoms with E-state index in [2.05, 4.69) is 12.3 Å². The van der Waals surface area contributed by atoms with Crippen molar-refractivity contribution < 1.29 is 4.79 Å². The van der Waals surface area contributed by atoms with Gasteiger partial charge < -0.3 is 0 Å². The van der Waals surface area contributed by atoms with E-state index >= 15 is 0 Å². The molecule has 3 N–H and O–H groups in total. The van der Waals surface area contributed by atoms with Gasteiger partial charge in [-0.05, 0) is 29.9 Å². The van der Waals surface area contributed by atoms with Gasteiger partial charge in [-0.3, -0.25) is 10.2 Å². The molecule has 3 nitrogen and oxygen atoms in total. The minimum atomic E-state index is -0.233. The van der Waals surface area contributed by atoms with E-state index in [4.69, 9.17) is 5.84 Å². The Morgan fingerprint density at radius 2 is 2.24 bits per heavy atom. The Kier molecular flexibility index (Phi) is 6.74. The number of benzene rings is 1. The normalized spacial score (nSPS) is 10.2. The van der Waals surface area contributed by atoms with Crippen LogP contribution in [0.3, 0.4) is 0 Å². The van der Waals surface area contributed by atoms with Crippen molar-refractivity contribution in [3.8, 4) is 0 Å². The van der Waals surface area contributed by atoms with Crippen molar-refractivity contribution in [1.29, 1.82) is 0 Å². The zero-order valence-electron chi connectivity index (χ0n) is 10.2. The molecular weight excluding hydrogens is 232 g/mol. The summed E-state index contributed by atoms with van der Waals surface area (Å²) in [5.41, 5.74) is 3.94. The molecule has 0 aliphatic rings. The second-order valence-corrected chi connectivity index (χ2v) is 5.04. The fourth-order valence-corrected chi connectivity index (χ4v) is 2.50. The van der Waals surface area contributed by atoms with Crippen molar-refractivity contribution in [2.45, 2.75) is 31.9 Å². The molecule has 0 fully saturated rings. The van der Waals surface area contributed by atoms with Crippen molar-refractivity contribution in [3.05, 3.63) is 35.4 Å². The topological polar surface area (TPSA) is 55.1 Å². The van der Waals surface area contributed by atoms with E-state index in [-0.39, 0.29) is 5.91 Å². The lowest BCUT2D eigenvalue weighted by atomic mass is 10.1. The smallest absolute Gasteiger partial charge is 0.265 e. The number of hydrogen-bond donors (Lipinski definition) is 2. The number of carbonyl (C=O) groups is 1. The number of rotatable bonds is 7. The highest BCUT2D eigenvalue weighted by Crippen LogP contribution is 2.15. The number of hydrazine groups is 1. The van der Waals surface area contributed by atoms with Crippen molar-refractivity contribution in [1.82, 2.24) is 5.43 Å². The van der Waals surface area contributed by atoms with Crippen LogP contribution in [-0.2, 0) is 5.75 Å². The van der Waals surface area contributed by atoms with Gasteiger partial charge in [0.05, 0.1) is 0 Å². The Morgan fingerprint density at radius 1 is 1.41 bits per heavy atom. The molecule has 4 heteroatoms. The zero-order valence-corrected chi connectivity index (χ0v) is 11.1. The highest BCUT2D eigenvalue weighted by atomic mass is 32.2. The molecule has 0 aromatic heterocycles. The van der Waals surface area contributed by atoms with Crippen LogP contribution in [0.4, 0.5) is 0 Å². The summed E-state index contributed by atoms with van der Waals surface area (Å²) in [6.45, 7) is 2.21. The van der Waals surface area contributed by atoms with E-state index in [1.165, 1.54) is 30.6 Å². The third-order valence-electron chi connectivity index (χ3n) is 2.48. The Morgan fingerprint density at radius 3 is 2.94 bits per heavy atom. The molecule has 94 valence electrons. The number of hydrogen-bond acceptors (Lipinski definition) is 3. The first-order valence-corrected chi connectivity index (χ1v) is 7.11. The number of carbonyl (C=O) groups excluding carboxylic acids is 1. The molecule has 0 saturated heterocycles. The van der Waals surface area contributed by atoms with Crippen LogP contribution < -0.4 is 11.3 Å². The number of nitrogens with one attached hydrogen (secondary N) is 1. The highest BCUT2D eigenvalue weighted by Gasteiger charge is 2.03. The summed E-state index contributed by atoms with van der Waals surface area (Å²) in [4.78, 5) is 11.3. The average molecular weight is 252 g/mol. The Balaban J connectivity index is 2.40. The second-order valence-electron chi connectivity index (χ2n) is 3.93. The van der Waals surface area contributed by atoms with E-state index in [9.17, 15) is 4.79 Å². The Hall–Kier alpha value is -1.00. The van der Waals surface area contributed by atoms with Gasteiger partial charge >= 0.3 is 0 Å². The van der Waals surface area contributed by atoms with Crippen LogP contribution in [0.2, 0.25) is 0 Å². The maximum Gasteiger partial charge on any atom is 0.265 e. The van der Waals surface area contributed by atoms with E-state index in [1.807, 2.05) is 30.0 Å². The van der Waals surface area contributed by atoms with Gasteiger partial charge in [0, 0.05) is 11.3 Å². The molecule has 1 aromatic carbocycles. The van der Waals surface area contributed by atoms with E-state index in [0.29, 0.717) is 5.56 Å². The Labute approximate surface area is 107 Å². The van der Waals surface area contributed by atoms with Gasteiger partial charge in [0.25, 0.3) is 5.91 Å². The summed E-state index contributed by atoms with van der Waals surface area (Å²) in [7, 11) is 0. The fourth-order valence-electron chi connectivity index (χ4n) is 1.53. The predicted octanol–water partition coefficient (Wildman–Crippen LogP) is 2.71. The summed E-state index contributed by atoms with van der Waals surface area (Å²) in [6.07, 6.45) is 3.82. The molecule has 0 unspecified atom stereocenters. The number of amides is 1. The molecule has 1 amide bonds. The number of nitrogen functional groups attached to an aromatic ring is 1. The third kappa shape index (κ3) is 5.24. The number of nitrogens with two attached hydrogens (primary N) is 1. The SMILES string of the molecule is CCCCCSCc1cccc(C(=O)NN)c1. The van der Waals surface area contributed by atoms with Crippen LogP contribution in [0.1, 0.15) is 42.1 Å². The fraction of sp³-hybridized carbons (Fsp3) is 0.462. The lowest BCUT2D eigenvalue weighted by Gasteiger charge is -2.04. The minimum absolute atomic E-state index is 0.233. The lowest BCUT2D eigenvalue weighted by molar-refractivity contribution is 0.0953. The quantitative estimate of drug-likeness (QED) is 0.339. The lowest BCUT2D eigenvalue weighted by Crippen LogP contribution is -2.29. The molecule has 1 aromatic rings. The van der Waals surface area contributed by atoms with Crippen molar-refractivity contribution in [2.24, 2.45) is 5.84 Å². The maximum atomic E-state index is 11.3. The first kappa shape index (κ1) is 14.1. The zero-order chi connectivity index (χ0) is 12.5. The van der Waals surface area contributed by atoms with Crippen LogP contribution >= 0.6 is 11.8 Å². The van der Waals surface area contributed by atoms with E-state index in [1.54, 1.807) is 6.07 Å². The van der Waals surface area contributed by atoms with Crippen molar-refractivity contribution >= 4 is 17.7 Å². The van der Waals surface area contributed by atoms with Gasteiger partial charge in [-0.2, -0.15) is 11.8 Å². The van der Waals surface area contributed by atoms with Crippen LogP contribution in [0.5, 0.6) is 0 Å². The first-order chi connectivity index (χ1) is 8.27. The summed E-state index contributed by atoms with van der Waals surface area (Å²) < 4.78 is 0. The van der Waals surface area contributed by atoms with Crippen LogP contribution in [0.25, 0.3) is 0 Å². The monoisotopic (exact) mass is 252 g/mol. The van der Waals surface area contributed by atoms with Crippen LogP contribution in [-0.4, -0.2) is 11.7 Å². The molecule has 0 aliphatic heterocycles. The maximum absolute atomic E-state index is 11.3. The molecule has 1 rings (SSSR count).